The Labute approximate surface area is 148 Å². The topological polar surface area (TPSA) is 98.9 Å². The van der Waals surface area contributed by atoms with E-state index in [1.165, 1.54) is 26.4 Å². The molecule has 132 valence electrons. The molecule has 0 radical (unpaired) electrons. The van der Waals surface area contributed by atoms with Gasteiger partial charge in [0.05, 0.1) is 19.8 Å². The Kier molecular flexibility index (Phi) is 4.70. The summed E-state index contributed by atoms with van der Waals surface area (Å²) in [4.78, 5) is 25.0. The Morgan fingerprint density at radius 1 is 1.04 bits per heavy atom. The van der Waals surface area contributed by atoms with Crippen molar-refractivity contribution in [3.63, 3.8) is 0 Å². The predicted molar refractivity (Wildman–Crippen MR) is 91.4 cm³/mol. The maximum absolute atomic E-state index is 13.0. The average Bonchev–Trinajstić information content (AvgIpc) is 3.12. The van der Waals surface area contributed by atoms with Crippen LogP contribution in [0.2, 0.25) is 0 Å². The number of hydrogen-bond donors (Lipinski definition) is 1. The minimum Gasteiger partial charge on any atom is -0.507 e. The summed E-state index contributed by atoms with van der Waals surface area (Å²) in [5.74, 6) is -1.35. The van der Waals surface area contributed by atoms with Gasteiger partial charge in [0.15, 0.2) is 0 Å². The summed E-state index contributed by atoms with van der Waals surface area (Å²) in [7, 11) is 2.71. The third-order valence-corrected chi connectivity index (χ3v) is 3.80. The SMILES string of the molecule is COC(=O)c1onc(-c2ccc(OC)cc2)c1C(=O)c1ccccc1O. The number of ketones is 1. The zero-order valence-corrected chi connectivity index (χ0v) is 14.1. The lowest BCUT2D eigenvalue weighted by Crippen LogP contribution is -2.10. The first-order valence-corrected chi connectivity index (χ1v) is 7.62. The van der Waals surface area contributed by atoms with Gasteiger partial charge >= 0.3 is 5.97 Å². The molecule has 1 heterocycles. The Morgan fingerprint density at radius 2 is 1.73 bits per heavy atom. The van der Waals surface area contributed by atoms with Crippen LogP contribution in [-0.2, 0) is 4.74 Å². The van der Waals surface area contributed by atoms with Gasteiger partial charge in [-0.3, -0.25) is 4.79 Å². The van der Waals surface area contributed by atoms with E-state index in [1.807, 2.05) is 0 Å². The Hall–Kier alpha value is -3.61. The Morgan fingerprint density at radius 3 is 2.35 bits per heavy atom. The van der Waals surface area contributed by atoms with Crippen LogP contribution in [0.3, 0.4) is 0 Å². The number of aromatic nitrogens is 1. The number of nitrogens with zero attached hydrogens (tertiary/aromatic N) is 1. The summed E-state index contributed by atoms with van der Waals surface area (Å²) >= 11 is 0. The molecule has 0 aliphatic heterocycles. The van der Waals surface area contributed by atoms with Crippen LogP contribution in [0.5, 0.6) is 11.5 Å². The number of phenols is 1. The van der Waals surface area contributed by atoms with Crippen LogP contribution in [0.4, 0.5) is 0 Å². The highest BCUT2D eigenvalue weighted by atomic mass is 16.5. The van der Waals surface area contributed by atoms with Gasteiger partial charge in [-0.2, -0.15) is 0 Å². The van der Waals surface area contributed by atoms with E-state index in [2.05, 4.69) is 9.89 Å². The molecule has 0 fully saturated rings. The second-order valence-electron chi connectivity index (χ2n) is 5.30. The number of methoxy groups -OCH3 is 2. The summed E-state index contributed by atoms with van der Waals surface area (Å²) in [6, 6.07) is 12.8. The van der Waals surface area contributed by atoms with E-state index in [0.29, 0.717) is 11.3 Å². The fourth-order valence-corrected chi connectivity index (χ4v) is 2.48. The van der Waals surface area contributed by atoms with Crippen molar-refractivity contribution >= 4 is 11.8 Å². The minimum absolute atomic E-state index is 0.0237. The fraction of sp³-hybridized carbons (Fsp3) is 0.105. The molecule has 0 amide bonds. The Bertz CT molecular complexity index is 958. The molecule has 0 aliphatic carbocycles. The fourth-order valence-electron chi connectivity index (χ4n) is 2.48. The molecule has 0 spiro atoms. The molecule has 7 heteroatoms. The first kappa shape index (κ1) is 17.2. The van der Waals surface area contributed by atoms with Gasteiger partial charge in [-0.1, -0.05) is 17.3 Å². The lowest BCUT2D eigenvalue weighted by molar-refractivity contribution is 0.0551. The molecule has 3 aromatic rings. The van der Waals surface area contributed by atoms with Crippen LogP contribution in [0, 0.1) is 0 Å². The van der Waals surface area contributed by atoms with E-state index in [1.54, 1.807) is 36.4 Å². The standard InChI is InChI=1S/C19H15NO6/c1-24-12-9-7-11(8-10-12)16-15(18(26-20-16)19(23)25-2)17(22)13-5-3-4-6-14(13)21/h3-10,21H,1-2H3. The average molecular weight is 353 g/mol. The number of carbonyl (C=O) groups excluding carboxylic acids is 2. The number of rotatable bonds is 5. The highest BCUT2D eigenvalue weighted by Gasteiger charge is 2.30. The molecule has 2 aromatic carbocycles. The van der Waals surface area contributed by atoms with E-state index in [4.69, 9.17) is 9.26 Å². The number of carbonyl (C=O) groups is 2. The zero-order valence-electron chi connectivity index (χ0n) is 14.1. The van der Waals surface area contributed by atoms with Crippen molar-refractivity contribution in [1.29, 1.82) is 0 Å². The molecule has 0 unspecified atom stereocenters. The summed E-state index contributed by atoms with van der Waals surface area (Å²) in [6.45, 7) is 0. The van der Waals surface area contributed by atoms with Gasteiger partial charge in [0.25, 0.3) is 5.76 Å². The van der Waals surface area contributed by atoms with Crippen molar-refractivity contribution in [2.75, 3.05) is 14.2 Å². The summed E-state index contributed by atoms with van der Waals surface area (Å²) in [5, 5.41) is 13.9. The first-order chi connectivity index (χ1) is 12.6. The van der Waals surface area contributed by atoms with Crippen LogP contribution in [0.1, 0.15) is 26.5 Å². The van der Waals surface area contributed by atoms with Crippen LogP contribution in [0.15, 0.2) is 53.1 Å². The molecule has 26 heavy (non-hydrogen) atoms. The highest BCUT2D eigenvalue weighted by Crippen LogP contribution is 2.31. The molecule has 0 bridgehead atoms. The molecule has 7 nitrogen and oxygen atoms in total. The number of hydrogen-bond acceptors (Lipinski definition) is 7. The van der Waals surface area contributed by atoms with Crippen molar-refractivity contribution < 1.29 is 28.7 Å². The molecular weight excluding hydrogens is 338 g/mol. The monoisotopic (exact) mass is 353 g/mol. The van der Waals surface area contributed by atoms with Crippen LogP contribution in [-0.4, -0.2) is 36.2 Å². The molecule has 0 atom stereocenters. The van der Waals surface area contributed by atoms with Gasteiger partial charge < -0.3 is 19.1 Å². The van der Waals surface area contributed by atoms with Gasteiger partial charge in [-0.05, 0) is 36.4 Å². The zero-order chi connectivity index (χ0) is 18.7. The van der Waals surface area contributed by atoms with E-state index in [0.717, 1.165) is 0 Å². The summed E-state index contributed by atoms with van der Waals surface area (Å²) in [5.41, 5.74) is 0.656. The van der Waals surface area contributed by atoms with Crippen LogP contribution < -0.4 is 4.74 Å². The third-order valence-electron chi connectivity index (χ3n) is 3.80. The Balaban J connectivity index is 2.17. The number of para-hydroxylation sites is 1. The number of esters is 1. The third kappa shape index (κ3) is 3.02. The minimum atomic E-state index is -0.837. The van der Waals surface area contributed by atoms with Crippen LogP contribution >= 0.6 is 0 Å². The summed E-state index contributed by atoms with van der Waals surface area (Å²) in [6.07, 6.45) is 0. The van der Waals surface area contributed by atoms with Gasteiger partial charge in [0, 0.05) is 5.56 Å². The second kappa shape index (κ2) is 7.10. The molecule has 1 aromatic heterocycles. The predicted octanol–water partition coefficient (Wildman–Crippen LogP) is 3.07. The normalized spacial score (nSPS) is 10.4. The molecule has 0 saturated carbocycles. The lowest BCUT2D eigenvalue weighted by atomic mass is 9.97. The van der Waals surface area contributed by atoms with Gasteiger partial charge in [0.1, 0.15) is 22.8 Å². The molecule has 0 aliphatic rings. The van der Waals surface area contributed by atoms with Gasteiger partial charge in [-0.15, -0.1) is 0 Å². The van der Waals surface area contributed by atoms with E-state index >= 15 is 0 Å². The van der Waals surface area contributed by atoms with Crippen molar-refractivity contribution in [1.82, 2.24) is 5.16 Å². The largest absolute Gasteiger partial charge is 0.507 e. The van der Waals surface area contributed by atoms with E-state index in [-0.39, 0.29) is 28.3 Å². The van der Waals surface area contributed by atoms with Crippen molar-refractivity contribution in [3.8, 4) is 22.8 Å². The maximum atomic E-state index is 13.0. The molecule has 0 saturated heterocycles. The number of benzene rings is 2. The van der Waals surface area contributed by atoms with E-state index in [9.17, 15) is 14.7 Å². The lowest BCUT2D eigenvalue weighted by Gasteiger charge is -2.06. The summed E-state index contributed by atoms with van der Waals surface area (Å²) < 4.78 is 14.9. The quantitative estimate of drug-likeness (QED) is 0.556. The highest BCUT2D eigenvalue weighted by molar-refractivity contribution is 6.17. The van der Waals surface area contributed by atoms with E-state index < -0.39 is 11.8 Å². The van der Waals surface area contributed by atoms with Gasteiger partial charge in [0.2, 0.25) is 5.78 Å². The van der Waals surface area contributed by atoms with Crippen molar-refractivity contribution in [2.45, 2.75) is 0 Å². The molecular formula is C19H15NO6. The molecule has 3 rings (SSSR count). The second-order valence-corrected chi connectivity index (χ2v) is 5.30. The first-order valence-electron chi connectivity index (χ1n) is 7.62. The van der Waals surface area contributed by atoms with Gasteiger partial charge in [-0.25, -0.2) is 4.79 Å². The van der Waals surface area contributed by atoms with Crippen LogP contribution in [0.25, 0.3) is 11.3 Å². The number of ether oxygens (including phenoxy) is 2. The molecule has 1 N–H and O–H groups in total. The number of phenolic OH excluding ortho intramolecular Hbond substituents is 1. The smallest absolute Gasteiger partial charge is 0.377 e. The number of aromatic hydroxyl groups is 1. The van der Waals surface area contributed by atoms with Crippen molar-refractivity contribution in [2.24, 2.45) is 0 Å². The van der Waals surface area contributed by atoms with Crippen molar-refractivity contribution in [3.05, 3.63) is 65.4 Å². The maximum Gasteiger partial charge on any atom is 0.377 e.